The third-order valence-corrected chi connectivity index (χ3v) is 17.2. The highest BCUT2D eigenvalue weighted by Crippen LogP contribution is 2.37. The predicted octanol–water partition coefficient (Wildman–Crippen LogP) is 7.32. The molecule has 86 heavy (non-hydrogen) atoms. The summed E-state index contributed by atoms with van der Waals surface area (Å²) in [7, 11) is -28.8. The number of methoxy groups -OCH3 is 2. The minimum Gasteiger partial charge on any atom is -0.497 e. The normalized spacial score (nSPS) is 11.2. The Morgan fingerprint density at radius 3 is 0.849 bits per heavy atom. The Morgan fingerprint density at radius 1 is 0.302 bits per heavy atom. The average Bonchev–Trinajstić information content (AvgIpc) is 2.43. The van der Waals surface area contributed by atoms with Crippen LogP contribution in [-0.2, 0) is 81.9 Å². The highest BCUT2D eigenvalue weighted by atomic mass is 32.2. The molecule has 0 saturated carbocycles. The summed E-state index contributed by atoms with van der Waals surface area (Å²) in [6.07, 6.45) is 0. The van der Waals surface area contributed by atoms with E-state index in [4.69, 9.17) is 56.8 Å². The summed E-state index contributed by atoms with van der Waals surface area (Å²) >= 11 is 0. The van der Waals surface area contributed by atoms with Crippen LogP contribution >= 0.6 is 0 Å². The van der Waals surface area contributed by atoms with Gasteiger partial charge in [-0.25, -0.2) is 16.8 Å². The van der Waals surface area contributed by atoms with Crippen LogP contribution in [0.1, 0.15) is 11.1 Å². The van der Waals surface area contributed by atoms with Crippen LogP contribution in [-0.4, -0.2) is 108 Å². The van der Waals surface area contributed by atoms with Crippen molar-refractivity contribution in [2.75, 3.05) is 14.2 Å². The molecule has 0 bridgehead atoms. The smallest absolute Gasteiger partial charge is 0.425 e. The van der Waals surface area contributed by atoms with Gasteiger partial charge in [0.2, 0.25) is 19.7 Å². The summed E-state index contributed by atoms with van der Waals surface area (Å²) in [4.78, 5) is -2.48. The molecule has 0 aliphatic heterocycles. The van der Waals surface area contributed by atoms with Crippen molar-refractivity contribution in [1.82, 2.24) is 0 Å². The quantitative estimate of drug-likeness (QED) is 0.0846. The van der Waals surface area contributed by atoms with Gasteiger partial charge < -0.3 is 18.9 Å². The number of hydrogen-bond donors (Lipinski definition) is 3. The number of benzene rings is 8. The molecule has 8 rings (SSSR count). The highest BCUT2D eigenvalue weighted by molar-refractivity contribution is 7.92. The first kappa shape index (κ1) is 69.9. The van der Waals surface area contributed by atoms with E-state index in [-0.39, 0.29) is 42.6 Å². The highest BCUT2D eigenvalue weighted by Gasteiger charge is 2.27. The first-order valence-electron chi connectivity index (χ1n) is 23.0. The van der Waals surface area contributed by atoms with Crippen molar-refractivity contribution in [3.63, 3.8) is 0 Å². The lowest BCUT2D eigenvalue weighted by atomic mass is 10.1. The van der Waals surface area contributed by atoms with Gasteiger partial charge in [0.05, 0.1) is 33.8 Å². The first-order valence-corrected chi connectivity index (χ1v) is 33.3. The zero-order chi connectivity index (χ0) is 64.5. The standard InChI is InChI=1S/C26H22O10S3.C26H22O7S2.3O3S/c1-17-3-10-21(11-4-17)37(27,28)22-12-14-24(26(16-22)39(32,33)34)36-20-8-5-18(6-9-20)19-7-13-23(35-2)25(15-19)38(29,30)31;1-18-3-13-23(14-4-18)34(27,28)24-15-16-25(26(17-24)35(29,30)31)33-22-11-7-20(8-12-22)19-5-9-21(32-2)10-6-19;3*1-4(2)3/h3-16H,1-2H3,(H,29,30,31)(H,32,33,34);3-17H,1-2H3,(H,29,30,31);;;. The van der Waals surface area contributed by atoms with E-state index in [9.17, 15) is 55.7 Å². The first-order chi connectivity index (χ1) is 40.0. The van der Waals surface area contributed by atoms with Gasteiger partial charge in [-0.05, 0) is 145 Å². The minimum absolute atomic E-state index is 0.00665. The second kappa shape index (κ2) is 30.0. The number of hydrogen-bond acceptors (Lipinski definition) is 23. The maximum atomic E-state index is 13.0. The molecular weight excluding hydrogens is 1300 g/mol. The molecule has 0 heterocycles. The Kier molecular flexibility index (Phi) is 24.4. The van der Waals surface area contributed by atoms with Crippen LogP contribution in [0, 0.1) is 13.8 Å². The molecule has 3 N–H and O–H groups in total. The van der Waals surface area contributed by atoms with Gasteiger partial charge in [0, 0.05) is 0 Å². The van der Waals surface area contributed by atoms with E-state index < -0.39 is 96.5 Å². The van der Waals surface area contributed by atoms with E-state index in [2.05, 4.69) is 0 Å². The summed E-state index contributed by atoms with van der Waals surface area (Å²) in [5, 5.41) is 0. The molecule has 0 amide bonds. The van der Waals surface area contributed by atoms with Crippen LogP contribution in [0.2, 0.25) is 0 Å². The Bertz CT molecular complexity index is 4620. The Balaban J connectivity index is 0.000000311. The monoisotopic (exact) mass is 1340 g/mol. The lowest BCUT2D eigenvalue weighted by molar-refractivity contribution is 0.397. The van der Waals surface area contributed by atoms with E-state index >= 15 is 0 Å². The molecule has 0 saturated heterocycles. The van der Waals surface area contributed by atoms with E-state index in [0.717, 1.165) is 46.2 Å². The zero-order valence-corrected chi connectivity index (χ0v) is 50.8. The summed E-state index contributed by atoms with van der Waals surface area (Å²) < 4.78 is 250. The lowest BCUT2D eigenvalue weighted by Crippen LogP contribution is -2.06. The molecule has 0 fully saturated rings. The fraction of sp³-hybridized carbons (Fsp3) is 0.0769. The number of sulfone groups is 2. The summed E-state index contributed by atoms with van der Waals surface area (Å²) in [6.45, 7) is 3.61. The van der Waals surface area contributed by atoms with Gasteiger partial charge in [-0.15, -0.1) is 37.9 Å². The van der Waals surface area contributed by atoms with Crippen LogP contribution in [0.15, 0.2) is 210 Å². The molecule has 0 aliphatic carbocycles. The van der Waals surface area contributed by atoms with Crippen LogP contribution in [0.4, 0.5) is 0 Å². The summed E-state index contributed by atoms with van der Waals surface area (Å²) in [6, 6.07) is 43.2. The maximum absolute atomic E-state index is 13.0. The fourth-order valence-electron chi connectivity index (χ4n) is 7.12. The Hall–Kier alpha value is -8.55. The number of ether oxygens (including phenoxy) is 4. The molecule has 26 nitrogen and oxygen atoms in total. The molecule has 0 spiro atoms. The zero-order valence-electron chi connectivity index (χ0n) is 44.2. The molecule has 34 heteroatoms. The predicted molar refractivity (Wildman–Crippen MR) is 302 cm³/mol. The van der Waals surface area contributed by atoms with Crippen molar-refractivity contribution >= 4 is 81.9 Å². The second-order valence-electron chi connectivity index (χ2n) is 16.7. The van der Waals surface area contributed by atoms with Gasteiger partial charge in [0.25, 0.3) is 30.4 Å². The number of aryl methyl sites for hydroxylation is 2. The molecular formula is C52H44O26S8. The van der Waals surface area contributed by atoms with Crippen molar-refractivity contribution < 1.29 is 113 Å². The molecule has 0 unspecified atom stereocenters. The number of rotatable bonds is 15. The van der Waals surface area contributed by atoms with Gasteiger partial charge >= 0.3 is 31.8 Å². The van der Waals surface area contributed by atoms with Gasteiger partial charge in [-0.2, -0.15) is 25.3 Å². The van der Waals surface area contributed by atoms with Crippen molar-refractivity contribution in [3.05, 3.63) is 187 Å². The molecule has 0 aromatic heterocycles. The van der Waals surface area contributed by atoms with Crippen molar-refractivity contribution in [2.45, 2.75) is 48.1 Å². The lowest BCUT2D eigenvalue weighted by Gasteiger charge is -2.13. The van der Waals surface area contributed by atoms with E-state index in [0.29, 0.717) is 16.9 Å². The minimum atomic E-state index is -4.88. The third-order valence-electron chi connectivity index (χ3n) is 11.0. The Labute approximate surface area is 497 Å². The van der Waals surface area contributed by atoms with Gasteiger partial charge in [-0.3, -0.25) is 13.7 Å². The molecule has 456 valence electrons. The van der Waals surface area contributed by atoms with E-state index in [1.165, 1.54) is 73.8 Å². The molecule has 0 atom stereocenters. The molecule has 8 aromatic carbocycles. The van der Waals surface area contributed by atoms with Crippen LogP contribution < -0.4 is 18.9 Å². The fourth-order valence-corrected chi connectivity index (χ4v) is 11.8. The SMILES string of the molecule is COc1ccc(-c2ccc(Oc3ccc(S(=O)(=O)c4ccc(C)cc4)cc3S(=O)(=O)O)cc2)cc1.COc1ccc(-c2ccc(Oc3ccc(S(=O)(=O)c4ccc(C)cc4)cc3S(=O)(=O)O)cc2)cc1S(=O)(=O)O.O=S(=O)=O.O=S(=O)=O.O=S(=O)=O. The van der Waals surface area contributed by atoms with Crippen molar-refractivity contribution in [1.29, 1.82) is 0 Å². The van der Waals surface area contributed by atoms with Crippen molar-refractivity contribution in [2.24, 2.45) is 0 Å². The average molecular weight is 1340 g/mol. The maximum Gasteiger partial charge on any atom is 0.425 e. The van der Waals surface area contributed by atoms with Crippen LogP contribution in [0.3, 0.4) is 0 Å². The van der Waals surface area contributed by atoms with Crippen LogP contribution in [0.25, 0.3) is 22.3 Å². The summed E-state index contributed by atoms with van der Waals surface area (Å²) in [5.41, 5.74) is 4.53. The second-order valence-corrected chi connectivity index (χ2v) is 26.0. The van der Waals surface area contributed by atoms with Gasteiger partial charge in [0.15, 0.2) is 0 Å². The largest absolute Gasteiger partial charge is 0.497 e. The Morgan fingerprint density at radius 2 is 0.558 bits per heavy atom. The van der Waals surface area contributed by atoms with Crippen molar-refractivity contribution in [3.8, 4) is 56.8 Å². The van der Waals surface area contributed by atoms with Gasteiger partial charge in [0.1, 0.15) is 49.2 Å². The summed E-state index contributed by atoms with van der Waals surface area (Å²) in [5.74, 6) is 0.632. The molecule has 0 aliphatic rings. The molecule has 0 radical (unpaired) electrons. The van der Waals surface area contributed by atoms with Crippen LogP contribution in [0.5, 0.6) is 34.5 Å². The topological polar surface area (TPSA) is 422 Å². The third kappa shape index (κ3) is 20.6. The van der Waals surface area contributed by atoms with E-state index in [1.807, 2.05) is 31.2 Å². The van der Waals surface area contributed by atoms with Gasteiger partial charge in [-0.1, -0.05) is 77.9 Å². The van der Waals surface area contributed by atoms with E-state index in [1.54, 1.807) is 80.8 Å². The molecule has 8 aromatic rings.